The zero-order chi connectivity index (χ0) is 16.0. The molecule has 0 unspecified atom stereocenters. The Labute approximate surface area is 123 Å². The smallest absolute Gasteiger partial charge is 0.272 e. The summed E-state index contributed by atoms with van der Waals surface area (Å²) in [4.78, 5) is 9.98. The Morgan fingerprint density at radius 2 is 2.05 bits per heavy atom. The van der Waals surface area contributed by atoms with Crippen LogP contribution < -0.4 is 10.6 Å². The number of nitrogens with zero attached hydrogens (tertiary/aromatic N) is 2. The van der Waals surface area contributed by atoms with Gasteiger partial charge in [-0.25, -0.2) is 13.6 Å². The van der Waals surface area contributed by atoms with Gasteiger partial charge in [-0.1, -0.05) is 13.8 Å². The Morgan fingerprint density at radius 3 is 2.52 bits per heavy atom. The molecule has 1 aromatic carbocycles. The molecule has 3 N–H and O–H groups in total. The van der Waals surface area contributed by atoms with Crippen molar-refractivity contribution < 1.29 is 13.3 Å². The Hall–Kier alpha value is -2.00. The maximum Gasteiger partial charge on any atom is 0.295 e. The van der Waals surface area contributed by atoms with Crippen LogP contribution in [0.4, 0.5) is 11.4 Å². The minimum Gasteiger partial charge on any atom is -0.272 e. The lowest BCUT2D eigenvalue weighted by atomic mass is 10.1. The second-order valence-corrected chi connectivity index (χ2v) is 6.01. The monoisotopic (exact) mass is 314 g/mol. The van der Waals surface area contributed by atoms with Crippen molar-refractivity contribution >= 4 is 27.6 Å². The average Bonchev–Trinajstić information content (AvgIpc) is 2.42. The van der Waals surface area contributed by atoms with Crippen LogP contribution in [0.1, 0.15) is 26.7 Å². The minimum atomic E-state index is -3.99. The highest BCUT2D eigenvalue weighted by Gasteiger charge is 2.18. The summed E-state index contributed by atoms with van der Waals surface area (Å²) in [6, 6.07) is 3.36. The SMILES string of the molecule is CCC(/C=N\Nc1ccc(S(N)(=O)=O)cc1[N+](=O)[O-])CC. The lowest BCUT2D eigenvalue weighted by Crippen LogP contribution is -2.12. The number of nitro benzene ring substituents is 1. The predicted octanol–water partition coefficient (Wildman–Crippen LogP) is 2.08. The molecule has 0 aromatic heterocycles. The van der Waals surface area contributed by atoms with E-state index in [9.17, 15) is 18.5 Å². The fraction of sp³-hybridized carbons (Fsp3) is 0.417. The number of nitrogens with one attached hydrogen (secondary N) is 1. The fourth-order valence-corrected chi connectivity index (χ4v) is 2.18. The van der Waals surface area contributed by atoms with E-state index < -0.39 is 20.6 Å². The van der Waals surface area contributed by atoms with E-state index in [0.717, 1.165) is 18.9 Å². The molecule has 0 amide bonds. The zero-order valence-corrected chi connectivity index (χ0v) is 12.6. The molecule has 0 saturated carbocycles. The van der Waals surface area contributed by atoms with Gasteiger partial charge < -0.3 is 0 Å². The van der Waals surface area contributed by atoms with Crippen molar-refractivity contribution in [1.82, 2.24) is 0 Å². The number of sulfonamides is 1. The van der Waals surface area contributed by atoms with Gasteiger partial charge in [0.1, 0.15) is 5.69 Å². The Morgan fingerprint density at radius 1 is 1.43 bits per heavy atom. The minimum absolute atomic E-state index is 0.106. The van der Waals surface area contributed by atoms with Crippen LogP contribution in [-0.2, 0) is 10.0 Å². The molecule has 0 atom stereocenters. The molecule has 0 fully saturated rings. The van der Waals surface area contributed by atoms with E-state index in [1.807, 2.05) is 13.8 Å². The topological polar surface area (TPSA) is 128 Å². The standard InChI is InChI=1S/C12H18N4O4S/c1-3-9(4-2)8-14-15-11-6-5-10(21(13,19)20)7-12(11)16(17)18/h5-9,15H,3-4H2,1-2H3,(H2,13,19,20)/b14-8-. The van der Waals surface area contributed by atoms with Crippen molar-refractivity contribution in [3.8, 4) is 0 Å². The molecule has 0 radical (unpaired) electrons. The van der Waals surface area contributed by atoms with Crippen molar-refractivity contribution in [1.29, 1.82) is 0 Å². The Bertz CT molecular complexity index is 639. The number of benzene rings is 1. The molecule has 0 aliphatic carbocycles. The summed E-state index contributed by atoms with van der Waals surface area (Å²) in [5.74, 6) is 0.278. The normalized spacial score (nSPS) is 12.0. The van der Waals surface area contributed by atoms with Gasteiger partial charge in [-0.2, -0.15) is 5.10 Å². The summed E-state index contributed by atoms with van der Waals surface area (Å²) in [7, 11) is -3.99. The molecule has 8 nitrogen and oxygen atoms in total. The summed E-state index contributed by atoms with van der Waals surface area (Å²) in [6.07, 6.45) is 3.50. The summed E-state index contributed by atoms with van der Waals surface area (Å²) < 4.78 is 22.4. The number of hydrogen-bond donors (Lipinski definition) is 2. The van der Waals surface area contributed by atoms with E-state index in [0.29, 0.717) is 0 Å². The van der Waals surface area contributed by atoms with Crippen LogP contribution in [0, 0.1) is 16.0 Å². The highest BCUT2D eigenvalue weighted by Crippen LogP contribution is 2.27. The number of nitrogens with two attached hydrogens (primary N) is 1. The maximum absolute atomic E-state index is 11.2. The average molecular weight is 314 g/mol. The van der Waals surface area contributed by atoms with Gasteiger partial charge in [-0.3, -0.25) is 15.5 Å². The second-order valence-electron chi connectivity index (χ2n) is 4.45. The number of nitro groups is 1. The number of hydrogen-bond acceptors (Lipinski definition) is 6. The van der Waals surface area contributed by atoms with Crippen LogP contribution in [-0.4, -0.2) is 19.6 Å². The summed E-state index contributed by atoms with van der Waals surface area (Å²) >= 11 is 0. The van der Waals surface area contributed by atoms with Crippen molar-refractivity contribution in [2.24, 2.45) is 16.2 Å². The molecule has 1 rings (SSSR count). The predicted molar refractivity (Wildman–Crippen MR) is 80.7 cm³/mol. The van der Waals surface area contributed by atoms with Crippen LogP contribution in [0.25, 0.3) is 0 Å². The highest BCUT2D eigenvalue weighted by molar-refractivity contribution is 7.89. The molecule has 0 aliphatic rings. The van der Waals surface area contributed by atoms with Crippen LogP contribution >= 0.6 is 0 Å². The van der Waals surface area contributed by atoms with E-state index in [1.54, 1.807) is 6.21 Å². The van der Waals surface area contributed by atoms with Gasteiger partial charge in [0, 0.05) is 12.3 Å². The van der Waals surface area contributed by atoms with Crippen LogP contribution in [0.5, 0.6) is 0 Å². The number of primary sulfonamides is 1. The number of rotatable bonds is 7. The van der Waals surface area contributed by atoms with Crippen molar-refractivity contribution in [2.45, 2.75) is 31.6 Å². The van der Waals surface area contributed by atoms with Gasteiger partial charge in [0.15, 0.2) is 0 Å². The van der Waals surface area contributed by atoms with Gasteiger partial charge in [0.05, 0.1) is 9.82 Å². The first-order chi connectivity index (χ1) is 9.79. The first-order valence-corrected chi connectivity index (χ1v) is 7.94. The molecule has 0 aliphatic heterocycles. The van der Waals surface area contributed by atoms with Crippen molar-refractivity contribution in [3.05, 3.63) is 28.3 Å². The molecular weight excluding hydrogens is 296 g/mol. The van der Waals surface area contributed by atoms with E-state index in [1.165, 1.54) is 12.1 Å². The molecule has 21 heavy (non-hydrogen) atoms. The van der Waals surface area contributed by atoms with Crippen LogP contribution in [0.15, 0.2) is 28.2 Å². The summed E-state index contributed by atoms with van der Waals surface area (Å²) in [6.45, 7) is 4.03. The molecule has 0 bridgehead atoms. The fourth-order valence-electron chi connectivity index (χ4n) is 1.65. The number of anilines is 1. The molecule has 116 valence electrons. The zero-order valence-electron chi connectivity index (χ0n) is 11.8. The van der Waals surface area contributed by atoms with Gasteiger partial charge >= 0.3 is 0 Å². The Kier molecular flexibility index (Phi) is 5.79. The quantitative estimate of drug-likeness (QED) is 0.452. The summed E-state index contributed by atoms with van der Waals surface area (Å²) in [5.41, 5.74) is 2.27. The van der Waals surface area contributed by atoms with Crippen molar-refractivity contribution in [3.63, 3.8) is 0 Å². The first kappa shape index (κ1) is 17.1. The first-order valence-electron chi connectivity index (χ1n) is 6.40. The molecule has 0 heterocycles. The third-order valence-electron chi connectivity index (χ3n) is 3.01. The molecule has 9 heteroatoms. The van der Waals surface area contributed by atoms with Gasteiger partial charge in [0.2, 0.25) is 10.0 Å². The molecular formula is C12H18N4O4S. The second kappa shape index (κ2) is 7.14. The van der Waals surface area contributed by atoms with Crippen LogP contribution in [0.3, 0.4) is 0 Å². The third-order valence-corrected chi connectivity index (χ3v) is 3.92. The Balaban J connectivity index is 3.05. The lowest BCUT2D eigenvalue weighted by molar-refractivity contribution is -0.384. The van der Waals surface area contributed by atoms with Crippen molar-refractivity contribution in [2.75, 3.05) is 5.43 Å². The molecule has 0 spiro atoms. The molecule has 1 aromatic rings. The summed E-state index contributed by atoms with van der Waals surface area (Å²) in [5, 5.41) is 19.9. The third kappa shape index (κ3) is 4.80. The lowest BCUT2D eigenvalue weighted by Gasteiger charge is -2.06. The largest absolute Gasteiger partial charge is 0.295 e. The molecule has 0 saturated heterocycles. The van der Waals surface area contributed by atoms with E-state index in [-0.39, 0.29) is 16.5 Å². The van der Waals surface area contributed by atoms with E-state index >= 15 is 0 Å². The van der Waals surface area contributed by atoms with E-state index in [2.05, 4.69) is 10.5 Å². The van der Waals surface area contributed by atoms with E-state index in [4.69, 9.17) is 5.14 Å². The number of hydrazone groups is 1. The van der Waals surface area contributed by atoms with Gasteiger partial charge in [-0.05, 0) is 30.9 Å². The highest BCUT2D eigenvalue weighted by atomic mass is 32.2. The van der Waals surface area contributed by atoms with Gasteiger partial charge in [0.25, 0.3) is 5.69 Å². The van der Waals surface area contributed by atoms with Gasteiger partial charge in [-0.15, -0.1) is 0 Å². The maximum atomic E-state index is 11.2. The van der Waals surface area contributed by atoms with Crippen LogP contribution in [0.2, 0.25) is 0 Å².